The summed E-state index contributed by atoms with van der Waals surface area (Å²) in [6.45, 7) is 0.790. The first-order valence-corrected chi connectivity index (χ1v) is 5.58. The van der Waals surface area contributed by atoms with Gasteiger partial charge in [-0.1, -0.05) is 6.07 Å². The average molecular weight is 222 g/mol. The lowest BCUT2D eigenvalue weighted by molar-refractivity contribution is 0.0169. The molecule has 1 aliphatic carbocycles. The van der Waals surface area contributed by atoms with Gasteiger partial charge in [0.25, 0.3) is 0 Å². The number of hydrogen-bond donors (Lipinski definition) is 1. The van der Waals surface area contributed by atoms with Gasteiger partial charge in [-0.3, -0.25) is 0 Å². The summed E-state index contributed by atoms with van der Waals surface area (Å²) in [5, 5.41) is 3.45. The molecule has 16 heavy (non-hydrogen) atoms. The van der Waals surface area contributed by atoms with Gasteiger partial charge in [0.15, 0.2) is 0 Å². The van der Waals surface area contributed by atoms with Crippen molar-refractivity contribution < 1.29 is 9.47 Å². The van der Waals surface area contributed by atoms with E-state index in [2.05, 4.69) is 10.3 Å². The molecular weight excluding hydrogens is 204 g/mol. The van der Waals surface area contributed by atoms with Crippen LogP contribution < -0.4 is 10.1 Å². The molecular formula is C12H18N2O2. The van der Waals surface area contributed by atoms with Crippen LogP contribution in [0.1, 0.15) is 18.5 Å². The summed E-state index contributed by atoms with van der Waals surface area (Å²) < 4.78 is 10.3. The van der Waals surface area contributed by atoms with Crippen molar-refractivity contribution in [2.45, 2.75) is 31.5 Å². The first-order chi connectivity index (χ1) is 7.81. The second-order valence-electron chi connectivity index (χ2n) is 4.08. The fourth-order valence-electron chi connectivity index (χ4n) is 1.84. The molecule has 1 heterocycles. The van der Waals surface area contributed by atoms with Crippen molar-refractivity contribution >= 4 is 0 Å². The standard InChI is InChI=1S/C12H18N2O2/c1-15-11-6-10(7-11)13-8-9-4-3-5-12(14-9)16-2/h3-5,10-11,13H,6-8H2,1-2H3. The number of pyridine rings is 1. The van der Waals surface area contributed by atoms with Gasteiger partial charge >= 0.3 is 0 Å². The molecule has 0 amide bonds. The van der Waals surface area contributed by atoms with Crippen molar-refractivity contribution in [1.82, 2.24) is 10.3 Å². The smallest absolute Gasteiger partial charge is 0.213 e. The van der Waals surface area contributed by atoms with Crippen LogP contribution in [0.3, 0.4) is 0 Å². The third-order valence-electron chi connectivity index (χ3n) is 2.99. The molecule has 0 unspecified atom stereocenters. The predicted octanol–water partition coefficient (Wildman–Crippen LogP) is 1.36. The molecule has 4 nitrogen and oxygen atoms in total. The zero-order valence-corrected chi connectivity index (χ0v) is 9.77. The van der Waals surface area contributed by atoms with Crippen LogP contribution in [-0.4, -0.2) is 31.3 Å². The third kappa shape index (κ3) is 2.71. The highest BCUT2D eigenvalue weighted by atomic mass is 16.5. The first-order valence-electron chi connectivity index (χ1n) is 5.58. The number of methoxy groups -OCH3 is 2. The molecule has 0 saturated heterocycles. The highest BCUT2D eigenvalue weighted by Gasteiger charge is 2.28. The Bertz CT molecular complexity index is 338. The predicted molar refractivity (Wildman–Crippen MR) is 61.4 cm³/mol. The Balaban J connectivity index is 1.77. The van der Waals surface area contributed by atoms with Gasteiger partial charge in [0.05, 0.1) is 18.9 Å². The molecule has 0 spiro atoms. The zero-order chi connectivity index (χ0) is 11.4. The Morgan fingerprint density at radius 1 is 1.38 bits per heavy atom. The Morgan fingerprint density at radius 2 is 2.19 bits per heavy atom. The highest BCUT2D eigenvalue weighted by molar-refractivity contribution is 5.15. The number of nitrogens with one attached hydrogen (secondary N) is 1. The normalized spacial score (nSPS) is 23.9. The molecule has 4 heteroatoms. The second kappa shape index (κ2) is 5.27. The summed E-state index contributed by atoms with van der Waals surface area (Å²) in [5.41, 5.74) is 1.01. The van der Waals surface area contributed by atoms with Crippen molar-refractivity contribution in [3.8, 4) is 5.88 Å². The van der Waals surface area contributed by atoms with Crippen LogP contribution >= 0.6 is 0 Å². The van der Waals surface area contributed by atoms with E-state index >= 15 is 0 Å². The SMILES string of the molecule is COc1cccc(CNC2CC(OC)C2)n1. The summed E-state index contributed by atoms with van der Waals surface area (Å²) in [5.74, 6) is 0.669. The first kappa shape index (κ1) is 11.4. The molecule has 1 fully saturated rings. The molecule has 0 radical (unpaired) electrons. The van der Waals surface area contributed by atoms with Crippen molar-refractivity contribution in [2.24, 2.45) is 0 Å². The Kier molecular flexibility index (Phi) is 3.74. The van der Waals surface area contributed by atoms with Gasteiger partial charge in [-0.15, -0.1) is 0 Å². The molecule has 1 saturated carbocycles. The molecule has 0 atom stereocenters. The molecule has 1 aromatic rings. The van der Waals surface area contributed by atoms with Gasteiger partial charge in [-0.25, -0.2) is 4.98 Å². The van der Waals surface area contributed by atoms with E-state index in [-0.39, 0.29) is 0 Å². The summed E-state index contributed by atoms with van der Waals surface area (Å²) >= 11 is 0. The van der Waals surface area contributed by atoms with Crippen molar-refractivity contribution in [1.29, 1.82) is 0 Å². The molecule has 88 valence electrons. The van der Waals surface area contributed by atoms with Crippen LogP contribution in [0.25, 0.3) is 0 Å². The largest absolute Gasteiger partial charge is 0.481 e. The van der Waals surface area contributed by atoms with E-state index < -0.39 is 0 Å². The van der Waals surface area contributed by atoms with Gasteiger partial charge in [-0.05, 0) is 18.9 Å². The number of aromatic nitrogens is 1. The fraction of sp³-hybridized carbons (Fsp3) is 0.583. The minimum absolute atomic E-state index is 0.441. The third-order valence-corrected chi connectivity index (χ3v) is 2.99. The highest BCUT2D eigenvalue weighted by Crippen LogP contribution is 2.22. The van der Waals surface area contributed by atoms with Crippen LogP contribution in [0, 0.1) is 0 Å². The van der Waals surface area contributed by atoms with E-state index in [9.17, 15) is 0 Å². The number of hydrogen-bond acceptors (Lipinski definition) is 4. The maximum Gasteiger partial charge on any atom is 0.213 e. The average Bonchev–Trinajstić information content (AvgIpc) is 2.28. The van der Waals surface area contributed by atoms with Gasteiger partial charge in [0.1, 0.15) is 0 Å². The van der Waals surface area contributed by atoms with Crippen molar-refractivity contribution in [3.05, 3.63) is 23.9 Å². The van der Waals surface area contributed by atoms with Crippen LogP contribution in [0.4, 0.5) is 0 Å². The number of rotatable bonds is 5. The molecule has 0 aromatic carbocycles. The molecule has 1 N–H and O–H groups in total. The van der Waals surface area contributed by atoms with Gasteiger partial charge in [-0.2, -0.15) is 0 Å². The summed E-state index contributed by atoms with van der Waals surface area (Å²) in [4.78, 5) is 4.34. The minimum atomic E-state index is 0.441. The lowest BCUT2D eigenvalue weighted by Gasteiger charge is -2.34. The fourth-order valence-corrected chi connectivity index (χ4v) is 1.84. The van der Waals surface area contributed by atoms with Crippen molar-refractivity contribution in [2.75, 3.05) is 14.2 Å². The van der Waals surface area contributed by atoms with E-state index in [1.54, 1.807) is 14.2 Å². The monoisotopic (exact) mass is 222 g/mol. The molecule has 0 bridgehead atoms. The molecule has 0 aliphatic heterocycles. The molecule has 1 aromatic heterocycles. The summed E-state index contributed by atoms with van der Waals surface area (Å²) in [6.07, 6.45) is 2.64. The quantitative estimate of drug-likeness (QED) is 0.817. The summed E-state index contributed by atoms with van der Waals surface area (Å²) in [7, 11) is 3.40. The van der Waals surface area contributed by atoms with Crippen LogP contribution in [0.15, 0.2) is 18.2 Å². The van der Waals surface area contributed by atoms with Crippen LogP contribution in [0.5, 0.6) is 5.88 Å². The van der Waals surface area contributed by atoms with E-state index in [0.29, 0.717) is 18.0 Å². The number of ether oxygens (including phenoxy) is 2. The maximum absolute atomic E-state index is 5.23. The van der Waals surface area contributed by atoms with Gasteiger partial charge in [0.2, 0.25) is 5.88 Å². The Morgan fingerprint density at radius 3 is 2.88 bits per heavy atom. The second-order valence-corrected chi connectivity index (χ2v) is 4.08. The van der Waals surface area contributed by atoms with E-state index in [0.717, 1.165) is 25.1 Å². The topological polar surface area (TPSA) is 43.4 Å². The van der Waals surface area contributed by atoms with Gasteiger partial charge in [0, 0.05) is 25.8 Å². The Hall–Kier alpha value is -1.13. The molecule has 2 rings (SSSR count). The number of nitrogens with zero attached hydrogens (tertiary/aromatic N) is 1. The maximum atomic E-state index is 5.23. The summed E-state index contributed by atoms with van der Waals surface area (Å²) in [6, 6.07) is 6.38. The van der Waals surface area contributed by atoms with E-state index in [4.69, 9.17) is 9.47 Å². The van der Waals surface area contributed by atoms with E-state index in [1.165, 1.54) is 0 Å². The van der Waals surface area contributed by atoms with Gasteiger partial charge < -0.3 is 14.8 Å². The lowest BCUT2D eigenvalue weighted by atomic mass is 9.89. The Labute approximate surface area is 96.0 Å². The van der Waals surface area contributed by atoms with E-state index in [1.807, 2.05) is 18.2 Å². The minimum Gasteiger partial charge on any atom is -0.481 e. The van der Waals surface area contributed by atoms with Crippen LogP contribution in [0.2, 0.25) is 0 Å². The zero-order valence-electron chi connectivity index (χ0n) is 9.77. The molecule has 1 aliphatic rings. The van der Waals surface area contributed by atoms with Crippen molar-refractivity contribution in [3.63, 3.8) is 0 Å². The van der Waals surface area contributed by atoms with Crippen LogP contribution in [-0.2, 0) is 11.3 Å². The lowest BCUT2D eigenvalue weighted by Crippen LogP contribution is -2.44.